The van der Waals surface area contributed by atoms with E-state index in [1.54, 1.807) is 42.6 Å². The maximum Gasteiger partial charge on any atom is 0.173 e. The van der Waals surface area contributed by atoms with E-state index in [-0.39, 0.29) is 0 Å². The van der Waals surface area contributed by atoms with E-state index in [0.29, 0.717) is 37.7 Å². The Morgan fingerprint density at radius 3 is 2.29 bits per heavy atom. The first-order chi connectivity index (χ1) is 13.6. The predicted octanol–water partition coefficient (Wildman–Crippen LogP) is 5.83. The van der Waals surface area contributed by atoms with Crippen LogP contribution in [0.25, 0.3) is 28.2 Å². The Morgan fingerprint density at radius 1 is 0.893 bits per heavy atom. The average molecular weight is 427 g/mol. The Bertz CT molecular complexity index is 1200. The SMILES string of the molecule is N#Cc1cc(-c2ccc(Cl)cc2)c(-c2ccc(Cl)cc2Cl)nc1-n1ccnn1. The van der Waals surface area contributed by atoms with Crippen molar-refractivity contribution in [2.45, 2.75) is 0 Å². The van der Waals surface area contributed by atoms with Crippen LogP contribution in [0.2, 0.25) is 15.1 Å². The molecular weight excluding hydrogens is 417 g/mol. The van der Waals surface area contributed by atoms with Crippen molar-refractivity contribution < 1.29 is 0 Å². The molecule has 0 fully saturated rings. The van der Waals surface area contributed by atoms with Gasteiger partial charge in [0.15, 0.2) is 5.82 Å². The number of halogens is 3. The van der Waals surface area contributed by atoms with Crippen molar-refractivity contribution in [2.75, 3.05) is 0 Å². The van der Waals surface area contributed by atoms with E-state index in [0.717, 1.165) is 11.1 Å². The van der Waals surface area contributed by atoms with Gasteiger partial charge < -0.3 is 0 Å². The minimum Gasteiger partial charge on any atom is -0.227 e. The number of nitriles is 1. The largest absolute Gasteiger partial charge is 0.227 e. The van der Waals surface area contributed by atoms with Crippen LogP contribution in [-0.4, -0.2) is 20.0 Å². The Labute approximate surface area is 175 Å². The second-order valence-corrected chi connectivity index (χ2v) is 7.13. The Kier molecular flexibility index (Phi) is 5.01. The summed E-state index contributed by atoms with van der Waals surface area (Å²) >= 11 is 18.5. The van der Waals surface area contributed by atoms with Gasteiger partial charge in [-0.05, 0) is 42.0 Å². The van der Waals surface area contributed by atoms with Crippen LogP contribution in [0.15, 0.2) is 60.9 Å². The van der Waals surface area contributed by atoms with Gasteiger partial charge in [0, 0.05) is 21.2 Å². The molecule has 8 heteroatoms. The number of hydrogen-bond donors (Lipinski definition) is 0. The molecule has 4 aromatic rings. The predicted molar refractivity (Wildman–Crippen MR) is 110 cm³/mol. The molecule has 0 bridgehead atoms. The van der Waals surface area contributed by atoms with E-state index in [2.05, 4.69) is 16.4 Å². The first-order valence-corrected chi connectivity index (χ1v) is 9.23. The van der Waals surface area contributed by atoms with Crippen LogP contribution in [-0.2, 0) is 0 Å². The normalized spacial score (nSPS) is 10.6. The molecule has 0 atom stereocenters. The van der Waals surface area contributed by atoms with Gasteiger partial charge in [-0.3, -0.25) is 0 Å². The van der Waals surface area contributed by atoms with Crippen LogP contribution >= 0.6 is 34.8 Å². The molecule has 2 aromatic carbocycles. The number of nitrogens with zero attached hydrogens (tertiary/aromatic N) is 5. The monoisotopic (exact) mass is 425 g/mol. The van der Waals surface area contributed by atoms with Gasteiger partial charge in [0.25, 0.3) is 0 Å². The van der Waals surface area contributed by atoms with Crippen molar-refractivity contribution in [3.8, 4) is 34.3 Å². The van der Waals surface area contributed by atoms with Crippen LogP contribution in [0.4, 0.5) is 0 Å². The topological polar surface area (TPSA) is 67.4 Å². The van der Waals surface area contributed by atoms with Crippen molar-refractivity contribution in [3.63, 3.8) is 0 Å². The van der Waals surface area contributed by atoms with Crippen molar-refractivity contribution in [3.05, 3.63) is 81.6 Å². The quantitative estimate of drug-likeness (QED) is 0.413. The van der Waals surface area contributed by atoms with Crippen LogP contribution in [0.5, 0.6) is 0 Å². The first-order valence-electron chi connectivity index (χ1n) is 8.10. The fourth-order valence-corrected chi connectivity index (χ4v) is 3.44. The van der Waals surface area contributed by atoms with Crippen LogP contribution in [0, 0.1) is 11.3 Å². The molecule has 0 aliphatic heterocycles. The molecule has 0 amide bonds. The van der Waals surface area contributed by atoms with E-state index in [1.807, 2.05) is 12.1 Å². The fourth-order valence-electron chi connectivity index (χ4n) is 2.82. The lowest BCUT2D eigenvalue weighted by atomic mass is 9.97. The van der Waals surface area contributed by atoms with Crippen molar-refractivity contribution in [1.82, 2.24) is 20.0 Å². The summed E-state index contributed by atoms with van der Waals surface area (Å²) in [6, 6.07) is 16.4. The van der Waals surface area contributed by atoms with Crippen molar-refractivity contribution in [1.29, 1.82) is 5.26 Å². The van der Waals surface area contributed by atoms with Crippen LogP contribution in [0.1, 0.15) is 5.56 Å². The zero-order valence-corrected chi connectivity index (χ0v) is 16.4. The molecule has 0 spiro atoms. The van der Waals surface area contributed by atoms with Gasteiger partial charge in [0.05, 0.1) is 28.7 Å². The standard InChI is InChI=1S/C20H10Cl3N5/c21-14-3-1-12(2-4-14)17-9-13(11-24)20(28-8-7-25-27-28)26-19(17)16-6-5-15(22)10-18(16)23/h1-10H. The molecule has 28 heavy (non-hydrogen) atoms. The molecule has 5 nitrogen and oxygen atoms in total. The highest BCUT2D eigenvalue weighted by Gasteiger charge is 2.18. The molecule has 0 unspecified atom stereocenters. The average Bonchev–Trinajstić information content (AvgIpc) is 3.22. The summed E-state index contributed by atoms with van der Waals surface area (Å²) in [5.41, 5.74) is 3.21. The molecule has 0 saturated carbocycles. The van der Waals surface area contributed by atoms with E-state index in [4.69, 9.17) is 39.8 Å². The molecule has 0 aliphatic rings. The third-order valence-electron chi connectivity index (χ3n) is 4.10. The number of rotatable bonds is 3. The lowest BCUT2D eigenvalue weighted by Gasteiger charge is -2.14. The van der Waals surface area contributed by atoms with Gasteiger partial charge in [-0.15, -0.1) is 5.10 Å². The van der Waals surface area contributed by atoms with E-state index < -0.39 is 0 Å². The molecule has 0 radical (unpaired) electrons. The van der Waals surface area contributed by atoms with Crippen molar-refractivity contribution in [2.24, 2.45) is 0 Å². The number of benzene rings is 2. The summed E-state index contributed by atoms with van der Waals surface area (Å²) in [6.07, 6.45) is 3.14. The highest BCUT2D eigenvalue weighted by atomic mass is 35.5. The van der Waals surface area contributed by atoms with Gasteiger partial charge >= 0.3 is 0 Å². The summed E-state index contributed by atoms with van der Waals surface area (Å²) in [5.74, 6) is 0.360. The zero-order chi connectivity index (χ0) is 19.7. The van der Waals surface area contributed by atoms with Gasteiger partial charge in [0.1, 0.15) is 6.07 Å². The molecule has 2 heterocycles. The smallest absolute Gasteiger partial charge is 0.173 e. The molecule has 0 aliphatic carbocycles. The molecular formula is C20H10Cl3N5. The van der Waals surface area contributed by atoms with Gasteiger partial charge in [0.2, 0.25) is 0 Å². The maximum absolute atomic E-state index is 9.67. The highest BCUT2D eigenvalue weighted by molar-refractivity contribution is 6.36. The summed E-state index contributed by atoms with van der Waals surface area (Å²) < 4.78 is 1.44. The third kappa shape index (κ3) is 3.46. The summed E-state index contributed by atoms with van der Waals surface area (Å²) in [5, 5.41) is 19.0. The summed E-state index contributed by atoms with van der Waals surface area (Å²) in [6.45, 7) is 0. The number of aromatic nitrogens is 4. The first kappa shape index (κ1) is 18.5. The maximum atomic E-state index is 9.67. The second-order valence-electron chi connectivity index (χ2n) is 5.85. The van der Waals surface area contributed by atoms with Gasteiger partial charge in [-0.25, -0.2) is 9.67 Å². The Morgan fingerprint density at radius 2 is 1.64 bits per heavy atom. The second kappa shape index (κ2) is 7.61. The van der Waals surface area contributed by atoms with E-state index in [1.165, 1.54) is 10.9 Å². The summed E-state index contributed by atoms with van der Waals surface area (Å²) in [4.78, 5) is 4.72. The lowest BCUT2D eigenvalue weighted by Crippen LogP contribution is -2.05. The highest BCUT2D eigenvalue weighted by Crippen LogP contribution is 2.37. The minimum atomic E-state index is 0.351. The van der Waals surface area contributed by atoms with E-state index >= 15 is 0 Å². The number of pyridine rings is 1. The molecule has 136 valence electrons. The Hall–Kier alpha value is -2.91. The zero-order valence-electron chi connectivity index (χ0n) is 14.1. The summed E-state index contributed by atoms with van der Waals surface area (Å²) in [7, 11) is 0. The molecule has 2 aromatic heterocycles. The van der Waals surface area contributed by atoms with Crippen LogP contribution < -0.4 is 0 Å². The fraction of sp³-hybridized carbons (Fsp3) is 0. The number of hydrogen-bond acceptors (Lipinski definition) is 4. The third-order valence-corrected chi connectivity index (χ3v) is 4.90. The van der Waals surface area contributed by atoms with Gasteiger partial charge in [-0.1, -0.05) is 52.1 Å². The Balaban J connectivity index is 2.04. The van der Waals surface area contributed by atoms with E-state index in [9.17, 15) is 5.26 Å². The molecule has 4 rings (SSSR count). The lowest BCUT2D eigenvalue weighted by molar-refractivity contribution is 0.780. The van der Waals surface area contributed by atoms with Crippen LogP contribution in [0.3, 0.4) is 0 Å². The van der Waals surface area contributed by atoms with Crippen molar-refractivity contribution >= 4 is 34.8 Å². The molecule has 0 saturated heterocycles. The molecule has 0 N–H and O–H groups in total. The van der Waals surface area contributed by atoms with Gasteiger partial charge in [-0.2, -0.15) is 5.26 Å². The minimum absolute atomic E-state index is 0.351.